The number of nitrogens with two attached hydrogens (primary N) is 1. The topological polar surface area (TPSA) is 61.3 Å². The zero-order valence-corrected chi connectivity index (χ0v) is 8.40. The second kappa shape index (κ2) is 4.11. The third-order valence-corrected chi connectivity index (χ3v) is 2.56. The number of hydrogen-bond acceptors (Lipinski definition) is 4. The molecule has 2 unspecified atom stereocenters. The smallest absolute Gasteiger partial charge is 0.162 e. The molecule has 0 bridgehead atoms. The van der Waals surface area contributed by atoms with E-state index >= 15 is 0 Å². The summed E-state index contributed by atoms with van der Waals surface area (Å²) in [5, 5.41) is 3.80. The fourth-order valence-corrected chi connectivity index (χ4v) is 1.81. The van der Waals surface area contributed by atoms with Crippen molar-refractivity contribution in [2.75, 3.05) is 0 Å². The van der Waals surface area contributed by atoms with Gasteiger partial charge in [-0.05, 0) is 26.2 Å². The maximum Gasteiger partial charge on any atom is 0.162 e. The van der Waals surface area contributed by atoms with Gasteiger partial charge in [-0.1, -0.05) is 5.16 Å². The van der Waals surface area contributed by atoms with E-state index in [-0.39, 0.29) is 0 Å². The lowest BCUT2D eigenvalue weighted by Gasteiger charge is -2.08. The molecule has 1 aliphatic carbocycles. The molecule has 0 saturated heterocycles. The van der Waals surface area contributed by atoms with Crippen molar-refractivity contribution in [1.82, 2.24) is 5.16 Å². The lowest BCUT2D eigenvalue weighted by molar-refractivity contribution is 0.0322. The summed E-state index contributed by atoms with van der Waals surface area (Å²) >= 11 is 0. The van der Waals surface area contributed by atoms with Gasteiger partial charge in [-0.25, -0.2) is 0 Å². The summed E-state index contributed by atoms with van der Waals surface area (Å²) in [6.45, 7) is 2.41. The first kappa shape index (κ1) is 9.68. The Kier molecular flexibility index (Phi) is 2.84. The predicted molar refractivity (Wildman–Crippen MR) is 51.6 cm³/mol. The van der Waals surface area contributed by atoms with E-state index in [1.807, 2.05) is 13.0 Å². The van der Waals surface area contributed by atoms with Gasteiger partial charge in [-0.2, -0.15) is 0 Å². The molecule has 4 heteroatoms. The molecule has 0 aromatic carbocycles. The number of aryl methyl sites for hydroxylation is 1. The van der Waals surface area contributed by atoms with Crippen LogP contribution in [0.1, 0.15) is 30.7 Å². The Morgan fingerprint density at radius 3 is 3.07 bits per heavy atom. The largest absolute Gasteiger partial charge is 0.370 e. The summed E-state index contributed by atoms with van der Waals surface area (Å²) in [4.78, 5) is 0. The van der Waals surface area contributed by atoms with E-state index in [4.69, 9.17) is 15.0 Å². The van der Waals surface area contributed by atoms with Gasteiger partial charge in [0.05, 0.1) is 11.8 Å². The van der Waals surface area contributed by atoms with Crippen molar-refractivity contribution in [3.8, 4) is 0 Å². The number of rotatable bonds is 3. The molecule has 1 aliphatic rings. The van der Waals surface area contributed by atoms with E-state index in [2.05, 4.69) is 5.16 Å². The van der Waals surface area contributed by atoms with Crippen LogP contribution in [-0.4, -0.2) is 17.3 Å². The van der Waals surface area contributed by atoms with Crippen molar-refractivity contribution >= 4 is 0 Å². The monoisotopic (exact) mass is 196 g/mol. The third-order valence-electron chi connectivity index (χ3n) is 2.56. The van der Waals surface area contributed by atoms with Gasteiger partial charge in [0.1, 0.15) is 6.61 Å². The van der Waals surface area contributed by atoms with E-state index in [9.17, 15) is 0 Å². The predicted octanol–water partition coefficient (Wildman–Crippen LogP) is 1.38. The molecule has 0 spiro atoms. The highest BCUT2D eigenvalue weighted by Crippen LogP contribution is 2.21. The first-order chi connectivity index (χ1) is 6.74. The van der Waals surface area contributed by atoms with Crippen LogP contribution in [0.3, 0.4) is 0 Å². The normalized spacial score (nSPS) is 27.0. The third kappa shape index (κ3) is 2.33. The van der Waals surface area contributed by atoms with Crippen LogP contribution >= 0.6 is 0 Å². The van der Waals surface area contributed by atoms with E-state index in [0.717, 1.165) is 30.7 Å². The number of hydrogen-bond donors (Lipinski definition) is 1. The van der Waals surface area contributed by atoms with Crippen LogP contribution in [0.4, 0.5) is 0 Å². The lowest BCUT2D eigenvalue weighted by atomic mass is 10.3. The number of nitrogens with zero attached hydrogens (tertiary/aromatic N) is 1. The average Bonchev–Trinajstić information content (AvgIpc) is 2.72. The van der Waals surface area contributed by atoms with Gasteiger partial charge in [0, 0.05) is 12.1 Å². The first-order valence-corrected chi connectivity index (χ1v) is 5.03. The van der Waals surface area contributed by atoms with Gasteiger partial charge < -0.3 is 15.0 Å². The summed E-state index contributed by atoms with van der Waals surface area (Å²) in [7, 11) is 0. The minimum absolute atomic E-state index is 0.301. The van der Waals surface area contributed by atoms with E-state index in [0.29, 0.717) is 18.8 Å². The molecule has 1 fully saturated rings. The first-order valence-electron chi connectivity index (χ1n) is 5.03. The summed E-state index contributed by atoms with van der Waals surface area (Å²) in [6, 6.07) is 2.21. The number of aromatic nitrogens is 1. The van der Waals surface area contributed by atoms with E-state index in [1.54, 1.807) is 0 Å². The summed E-state index contributed by atoms with van der Waals surface area (Å²) in [6.07, 6.45) is 3.40. The average molecular weight is 196 g/mol. The van der Waals surface area contributed by atoms with Crippen molar-refractivity contribution in [2.45, 2.75) is 44.9 Å². The molecule has 0 amide bonds. The highest BCUT2D eigenvalue weighted by atomic mass is 16.5. The summed E-state index contributed by atoms with van der Waals surface area (Å²) in [5.41, 5.74) is 6.68. The second-order valence-corrected chi connectivity index (χ2v) is 3.94. The molecule has 1 aromatic rings. The molecule has 1 heterocycles. The molecule has 14 heavy (non-hydrogen) atoms. The maximum atomic E-state index is 5.78. The fraction of sp³-hybridized carbons (Fsp3) is 0.700. The molecule has 4 nitrogen and oxygen atoms in total. The zero-order valence-electron chi connectivity index (χ0n) is 8.40. The maximum absolute atomic E-state index is 5.78. The van der Waals surface area contributed by atoms with Crippen LogP contribution in [0.25, 0.3) is 0 Å². The van der Waals surface area contributed by atoms with Gasteiger partial charge in [0.25, 0.3) is 0 Å². The number of ether oxygens (including phenoxy) is 1. The van der Waals surface area contributed by atoms with Crippen LogP contribution in [-0.2, 0) is 11.3 Å². The van der Waals surface area contributed by atoms with Gasteiger partial charge in [0.15, 0.2) is 5.76 Å². The summed E-state index contributed by atoms with van der Waals surface area (Å²) in [5.74, 6) is 0.794. The Hall–Kier alpha value is -0.870. The van der Waals surface area contributed by atoms with Gasteiger partial charge in [-0.15, -0.1) is 0 Å². The quantitative estimate of drug-likeness (QED) is 0.793. The van der Waals surface area contributed by atoms with E-state index in [1.165, 1.54) is 0 Å². The fourth-order valence-electron chi connectivity index (χ4n) is 1.81. The van der Waals surface area contributed by atoms with E-state index < -0.39 is 0 Å². The molecular formula is C10H16N2O2. The van der Waals surface area contributed by atoms with Gasteiger partial charge >= 0.3 is 0 Å². The molecular weight excluding hydrogens is 180 g/mol. The Morgan fingerprint density at radius 2 is 2.50 bits per heavy atom. The zero-order chi connectivity index (χ0) is 9.97. The van der Waals surface area contributed by atoms with Crippen LogP contribution in [0.15, 0.2) is 10.6 Å². The van der Waals surface area contributed by atoms with Crippen LogP contribution in [0.5, 0.6) is 0 Å². The Morgan fingerprint density at radius 1 is 1.64 bits per heavy atom. The Balaban J connectivity index is 1.77. The SMILES string of the molecule is Cc1cc(COC2CCC(N)C2)on1. The van der Waals surface area contributed by atoms with Crippen LogP contribution in [0.2, 0.25) is 0 Å². The van der Waals surface area contributed by atoms with Gasteiger partial charge in [0.2, 0.25) is 0 Å². The van der Waals surface area contributed by atoms with Crippen molar-refractivity contribution in [3.63, 3.8) is 0 Å². The Labute approximate surface area is 83.4 Å². The molecule has 0 aliphatic heterocycles. The van der Waals surface area contributed by atoms with Crippen molar-refractivity contribution in [3.05, 3.63) is 17.5 Å². The standard InChI is InChI=1S/C10H16N2O2/c1-7-4-10(14-12-7)6-13-9-3-2-8(11)5-9/h4,8-9H,2-3,5-6,11H2,1H3. The minimum Gasteiger partial charge on any atom is -0.370 e. The minimum atomic E-state index is 0.301. The Bertz CT molecular complexity index is 298. The highest BCUT2D eigenvalue weighted by Gasteiger charge is 2.22. The highest BCUT2D eigenvalue weighted by molar-refractivity contribution is 5.01. The van der Waals surface area contributed by atoms with Crippen LogP contribution in [0, 0.1) is 6.92 Å². The molecule has 2 atom stereocenters. The molecule has 1 saturated carbocycles. The molecule has 1 aromatic heterocycles. The van der Waals surface area contributed by atoms with Gasteiger partial charge in [-0.3, -0.25) is 0 Å². The van der Waals surface area contributed by atoms with Crippen molar-refractivity contribution in [1.29, 1.82) is 0 Å². The van der Waals surface area contributed by atoms with Crippen molar-refractivity contribution in [2.24, 2.45) is 5.73 Å². The second-order valence-electron chi connectivity index (χ2n) is 3.94. The lowest BCUT2D eigenvalue weighted by Crippen LogP contribution is -2.17. The molecule has 78 valence electrons. The molecule has 2 rings (SSSR count). The molecule has 0 radical (unpaired) electrons. The van der Waals surface area contributed by atoms with Crippen molar-refractivity contribution < 1.29 is 9.26 Å². The molecule has 2 N–H and O–H groups in total. The summed E-state index contributed by atoms with van der Waals surface area (Å²) < 4.78 is 10.7. The van der Waals surface area contributed by atoms with Crippen LogP contribution < -0.4 is 5.73 Å².